The number of aromatic nitrogens is 3. The monoisotopic (exact) mass is 358 g/mol. The van der Waals surface area contributed by atoms with Gasteiger partial charge in [-0.15, -0.1) is 0 Å². The molecule has 0 saturated carbocycles. The molecule has 8 heteroatoms. The van der Waals surface area contributed by atoms with E-state index in [2.05, 4.69) is 31.1 Å². The lowest BCUT2D eigenvalue weighted by atomic mass is 10.3. The largest absolute Gasteiger partial charge is 0.482 e. The van der Waals surface area contributed by atoms with Crippen LogP contribution in [-0.4, -0.2) is 39.6 Å². The van der Waals surface area contributed by atoms with E-state index < -0.39 is 0 Å². The minimum atomic E-state index is -0.180. The van der Waals surface area contributed by atoms with Crippen molar-refractivity contribution in [2.45, 2.75) is 6.54 Å². The van der Waals surface area contributed by atoms with Crippen molar-refractivity contribution < 1.29 is 9.53 Å². The number of amides is 1. The van der Waals surface area contributed by atoms with Crippen LogP contribution in [0.2, 0.25) is 5.02 Å². The third-order valence-electron chi connectivity index (χ3n) is 2.52. The van der Waals surface area contributed by atoms with E-state index >= 15 is 0 Å². The first-order valence-electron chi connectivity index (χ1n) is 5.72. The van der Waals surface area contributed by atoms with Crippen LogP contribution in [0.25, 0.3) is 0 Å². The average molecular weight is 360 g/mol. The summed E-state index contributed by atoms with van der Waals surface area (Å²) in [5.41, 5.74) is 0. The number of aromatic amines is 1. The zero-order valence-corrected chi connectivity index (χ0v) is 13.0. The van der Waals surface area contributed by atoms with E-state index in [9.17, 15) is 4.79 Å². The van der Waals surface area contributed by atoms with Crippen molar-refractivity contribution in [1.82, 2.24) is 20.1 Å². The van der Waals surface area contributed by atoms with Gasteiger partial charge in [-0.05, 0) is 18.2 Å². The van der Waals surface area contributed by atoms with Crippen LogP contribution in [0.3, 0.4) is 0 Å². The van der Waals surface area contributed by atoms with Crippen LogP contribution in [0.15, 0.2) is 29.0 Å². The Labute approximate surface area is 129 Å². The molecule has 2 rings (SSSR count). The van der Waals surface area contributed by atoms with Gasteiger partial charge in [-0.25, -0.2) is 4.98 Å². The Morgan fingerprint density at radius 2 is 2.35 bits per heavy atom. The predicted octanol–water partition coefficient (Wildman–Crippen LogP) is 2.26. The molecule has 0 saturated heterocycles. The molecule has 0 aliphatic carbocycles. The van der Waals surface area contributed by atoms with Crippen molar-refractivity contribution in [2.75, 3.05) is 13.7 Å². The lowest BCUT2D eigenvalue weighted by molar-refractivity contribution is -0.132. The third-order valence-corrected chi connectivity index (χ3v) is 3.31. The molecule has 0 unspecified atom stereocenters. The lowest BCUT2D eigenvalue weighted by Crippen LogP contribution is -2.31. The summed E-state index contributed by atoms with van der Waals surface area (Å²) in [7, 11) is 1.66. The Balaban J connectivity index is 1.88. The molecule has 1 aromatic carbocycles. The van der Waals surface area contributed by atoms with Gasteiger partial charge < -0.3 is 9.64 Å². The van der Waals surface area contributed by atoms with E-state index in [0.29, 0.717) is 23.1 Å². The standard InChI is InChI=1S/C12H12BrClN4O2/c1-18(5-11-15-7-16-17-11)12(19)6-20-10-3-2-8(13)4-9(10)14/h2-4,7H,5-6H2,1H3,(H,15,16,17). The quantitative estimate of drug-likeness (QED) is 0.889. The van der Waals surface area contributed by atoms with Crippen molar-refractivity contribution in [3.63, 3.8) is 0 Å². The van der Waals surface area contributed by atoms with Crippen molar-refractivity contribution in [2.24, 2.45) is 0 Å². The molecule has 0 radical (unpaired) electrons. The number of carbonyl (C=O) groups is 1. The maximum atomic E-state index is 11.9. The van der Waals surface area contributed by atoms with Crippen LogP contribution in [0.5, 0.6) is 5.75 Å². The van der Waals surface area contributed by atoms with Gasteiger partial charge in [0.25, 0.3) is 5.91 Å². The topological polar surface area (TPSA) is 71.1 Å². The zero-order valence-electron chi connectivity index (χ0n) is 10.6. The molecule has 1 N–H and O–H groups in total. The number of carbonyl (C=O) groups excluding carboxylic acids is 1. The maximum Gasteiger partial charge on any atom is 0.260 e. The summed E-state index contributed by atoms with van der Waals surface area (Å²) in [5.74, 6) is 0.902. The molecule has 106 valence electrons. The predicted molar refractivity (Wildman–Crippen MR) is 77.5 cm³/mol. The Bertz CT molecular complexity index is 591. The number of benzene rings is 1. The molecule has 1 amide bonds. The minimum absolute atomic E-state index is 0.0913. The van der Waals surface area contributed by atoms with Gasteiger partial charge in [-0.3, -0.25) is 9.89 Å². The second-order valence-electron chi connectivity index (χ2n) is 4.05. The molecule has 1 aromatic heterocycles. The number of hydrogen-bond donors (Lipinski definition) is 1. The number of ether oxygens (including phenoxy) is 1. The van der Waals surface area contributed by atoms with E-state index in [0.717, 1.165) is 4.47 Å². The zero-order chi connectivity index (χ0) is 14.5. The number of H-pyrrole nitrogens is 1. The van der Waals surface area contributed by atoms with Crippen molar-refractivity contribution in [3.8, 4) is 5.75 Å². The molecule has 0 bridgehead atoms. The van der Waals surface area contributed by atoms with E-state index in [1.165, 1.54) is 11.2 Å². The highest BCUT2D eigenvalue weighted by atomic mass is 79.9. The molecular formula is C12H12BrClN4O2. The SMILES string of the molecule is CN(Cc1ncn[nH]1)C(=O)COc1ccc(Br)cc1Cl. The Morgan fingerprint density at radius 1 is 1.55 bits per heavy atom. The van der Waals surface area contributed by atoms with E-state index in [4.69, 9.17) is 16.3 Å². The van der Waals surface area contributed by atoms with Crippen molar-refractivity contribution >= 4 is 33.4 Å². The first kappa shape index (κ1) is 14.8. The summed E-state index contributed by atoms with van der Waals surface area (Å²) in [6.45, 7) is 0.252. The molecule has 1 heterocycles. The smallest absolute Gasteiger partial charge is 0.260 e. The van der Waals surface area contributed by atoms with Crippen LogP contribution in [-0.2, 0) is 11.3 Å². The summed E-state index contributed by atoms with van der Waals surface area (Å²) in [6.07, 6.45) is 1.39. The first-order valence-corrected chi connectivity index (χ1v) is 6.89. The number of rotatable bonds is 5. The van der Waals surface area contributed by atoms with Gasteiger partial charge in [0.2, 0.25) is 0 Å². The Kier molecular flexibility index (Phi) is 4.97. The molecule has 0 atom stereocenters. The van der Waals surface area contributed by atoms with Gasteiger partial charge in [0.15, 0.2) is 6.61 Å². The van der Waals surface area contributed by atoms with E-state index in [1.807, 2.05) is 0 Å². The molecule has 0 aliphatic heterocycles. The number of nitrogens with one attached hydrogen (secondary N) is 1. The van der Waals surface area contributed by atoms with Gasteiger partial charge in [0, 0.05) is 11.5 Å². The Morgan fingerprint density at radius 3 is 3.00 bits per heavy atom. The van der Waals surface area contributed by atoms with E-state index in [-0.39, 0.29) is 12.5 Å². The van der Waals surface area contributed by atoms with E-state index in [1.54, 1.807) is 25.2 Å². The van der Waals surface area contributed by atoms with Crippen LogP contribution in [0, 0.1) is 0 Å². The average Bonchev–Trinajstić information content (AvgIpc) is 2.90. The normalized spacial score (nSPS) is 10.3. The second-order valence-corrected chi connectivity index (χ2v) is 5.37. The van der Waals surface area contributed by atoms with Gasteiger partial charge in [0.1, 0.15) is 17.9 Å². The van der Waals surface area contributed by atoms with Gasteiger partial charge in [-0.1, -0.05) is 27.5 Å². The fourth-order valence-electron chi connectivity index (χ4n) is 1.46. The van der Waals surface area contributed by atoms with Crippen LogP contribution in [0.4, 0.5) is 0 Å². The van der Waals surface area contributed by atoms with Crippen LogP contribution >= 0.6 is 27.5 Å². The van der Waals surface area contributed by atoms with Gasteiger partial charge >= 0.3 is 0 Å². The summed E-state index contributed by atoms with van der Waals surface area (Å²) in [6, 6.07) is 5.21. The molecular weight excluding hydrogens is 348 g/mol. The fourth-order valence-corrected chi connectivity index (χ4v) is 2.19. The Hall–Kier alpha value is -1.60. The summed E-state index contributed by atoms with van der Waals surface area (Å²) in [4.78, 5) is 17.4. The third kappa shape index (κ3) is 3.94. The molecule has 20 heavy (non-hydrogen) atoms. The summed E-state index contributed by atoms with van der Waals surface area (Å²) < 4.78 is 6.25. The van der Waals surface area contributed by atoms with Crippen LogP contribution < -0.4 is 4.74 Å². The maximum absolute atomic E-state index is 11.9. The molecule has 6 nitrogen and oxygen atoms in total. The van der Waals surface area contributed by atoms with Gasteiger partial charge in [0.05, 0.1) is 11.6 Å². The lowest BCUT2D eigenvalue weighted by Gasteiger charge is -2.16. The summed E-state index contributed by atoms with van der Waals surface area (Å²) >= 11 is 9.31. The molecule has 0 aliphatic rings. The molecule has 2 aromatic rings. The van der Waals surface area contributed by atoms with Crippen molar-refractivity contribution in [1.29, 1.82) is 0 Å². The highest BCUT2D eigenvalue weighted by Gasteiger charge is 2.12. The second kappa shape index (κ2) is 6.71. The summed E-state index contributed by atoms with van der Waals surface area (Å²) in [5, 5.41) is 6.86. The number of likely N-dealkylation sites (N-methyl/N-ethyl adjacent to an activating group) is 1. The molecule has 0 fully saturated rings. The van der Waals surface area contributed by atoms with Gasteiger partial charge in [-0.2, -0.15) is 5.10 Å². The highest BCUT2D eigenvalue weighted by molar-refractivity contribution is 9.10. The molecule has 0 spiro atoms. The highest BCUT2D eigenvalue weighted by Crippen LogP contribution is 2.27. The number of hydrogen-bond acceptors (Lipinski definition) is 4. The first-order chi connectivity index (χ1) is 9.56. The van der Waals surface area contributed by atoms with Crippen LogP contribution in [0.1, 0.15) is 5.82 Å². The number of nitrogens with zero attached hydrogens (tertiary/aromatic N) is 3. The minimum Gasteiger partial charge on any atom is -0.482 e. The number of halogens is 2. The van der Waals surface area contributed by atoms with Crippen molar-refractivity contribution in [3.05, 3.63) is 39.8 Å². The fraction of sp³-hybridized carbons (Fsp3) is 0.250.